The van der Waals surface area contributed by atoms with E-state index in [1.165, 1.54) is 0 Å². The number of carbonyl (C=O) groups excluding carboxylic acids is 1. The van der Waals surface area contributed by atoms with E-state index in [1.807, 2.05) is 12.3 Å². The molecule has 0 saturated heterocycles. The summed E-state index contributed by atoms with van der Waals surface area (Å²) in [6, 6.07) is -0.0266. The molecule has 0 aliphatic heterocycles. The van der Waals surface area contributed by atoms with Crippen molar-refractivity contribution in [3.8, 4) is 0 Å². The smallest absolute Gasteiger partial charge is 0.307 e. The van der Waals surface area contributed by atoms with E-state index in [0.29, 0.717) is 12.3 Å². The van der Waals surface area contributed by atoms with Gasteiger partial charge in [-0.1, -0.05) is 0 Å². The molecular weight excluding hydrogens is 264 g/mol. The van der Waals surface area contributed by atoms with Crippen molar-refractivity contribution in [3.05, 3.63) is 16.1 Å². The van der Waals surface area contributed by atoms with Crippen molar-refractivity contribution in [2.24, 2.45) is 17.8 Å². The van der Waals surface area contributed by atoms with Crippen LogP contribution in [-0.4, -0.2) is 22.0 Å². The van der Waals surface area contributed by atoms with Gasteiger partial charge in [-0.25, -0.2) is 4.98 Å². The molecule has 0 unspecified atom stereocenters. The Bertz CT molecular complexity index is 524. The molecule has 5 nitrogen and oxygen atoms in total. The molecule has 2 aliphatic carbocycles. The lowest BCUT2D eigenvalue weighted by Gasteiger charge is -2.15. The lowest BCUT2D eigenvalue weighted by molar-refractivity contribution is -0.140. The zero-order chi connectivity index (χ0) is 13.6. The number of nitrogens with zero attached hydrogens (tertiary/aromatic N) is 1. The van der Waals surface area contributed by atoms with E-state index in [4.69, 9.17) is 5.11 Å². The molecule has 0 bridgehead atoms. The van der Waals surface area contributed by atoms with Crippen LogP contribution in [0.3, 0.4) is 0 Å². The monoisotopic (exact) mass is 280 g/mol. The molecule has 0 aromatic carbocycles. The molecule has 1 aromatic heterocycles. The molecule has 2 aliphatic rings. The van der Waals surface area contributed by atoms with Crippen LogP contribution in [0.15, 0.2) is 5.38 Å². The van der Waals surface area contributed by atoms with Gasteiger partial charge in [0.15, 0.2) is 0 Å². The van der Waals surface area contributed by atoms with Gasteiger partial charge in [-0.2, -0.15) is 0 Å². The predicted octanol–water partition coefficient (Wildman–Crippen LogP) is 1.74. The highest BCUT2D eigenvalue weighted by molar-refractivity contribution is 7.09. The molecule has 1 heterocycles. The molecule has 102 valence electrons. The highest BCUT2D eigenvalue weighted by atomic mass is 32.1. The molecule has 1 aromatic rings. The van der Waals surface area contributed by atoms with E-state index < -0.39 is 11.9 Å². The number of carboxylic acids is 1. The molecule has 2 saturated carbocycles. The minimum atomic E-state index is -0.867. The Morgan fingerprint density at radius 2 is 2.21 bits per heavy atom. The number of aliphatic carboxylic acids is 1. The van der Waals surface area contributed by atoms with Crippen LogP contribution in [0.5, 0.6) is 0 Å². The number of aromatic nitrogens is 1. The summed E-state index contributed by atoms with van der Waals surface area (Å²) < 4.78 is 0. The Morgan fingerprint density at radius 1 is 1.47 bits per heavy atom. The maximum Gasteiger partial charge on any atom is 0.307 e. The summed E-state index contributed by atoms with van der Waals surface area (Å²) >= 11 is 1.57. The van der Waals surface area contributed by atoms with E-state index >= 15 is 0 Å². The topological polar surface area (TPSA) is 79.3 Å². The molecule has 3 atom stereocenters. The maximum absolute atomic E-state index is 12.0. The average molecular weight is 280 g/mol. The normalized spacial score (nSPS) is 26.8. The number of hydrogen-bond acceptors (Lipinski definition) is 4. The number of hydrogen-bond donors (Lipinski definition) is 2. The first-order valence-electron chi connectivity index (χ1n) is 6.51. The Morgan fingerprint density at radius 3 is 2.68 bits per heavy atom. The van der Waals surface area contributed by atoms with Gasteiger partial charge >= 0.3 is 5.97 Å². The third kappa shape index (κ3) is 2.63. The maximum atomic E-state index is 12.0. The quantitative estimate of drug-likeness (QED) is 0.861. The Hall–Kier alpha value is -1.43. The highest BCUT2D eigenvalue weighted by Gasteiger charge is 2.49. The molecule has 19 heavy (non-hydrogen) atoms. The summed E-state index contributed by atoms with van der Waals surface area (Å²) in [5, 5.41) is 14.8. The van der Waals surface area contributed by atoms with Crippen molar-refractivity contribution in [1.82, 2.24) is 10.3 Å². The van der Waals surface area contributed by atoms with E-state index in [2.05, 4.69) is 10.3 Å². The van der Waals surface area contributed by atoms with Gasteiger partial charge in [-0.05, 0) is 32.1 Å². The van der Waals surface area contributed by atoms with Crippen LogP contribution in [0.4, 0.5) is 0 Å². The lowest BCUT2D eigenvalue weighted by Crippen LogP contribution is -2.32. The molecule has 6 heteroatoms. The number of carboxylic acid groups (broad SMARTS) is 1. The second-order valence-electron chi connectivity index (χ2n) is 5.44. The van der Waals surface area contributed by atoms with E-state index in [1.54, 1.807) is 11.3 Å². The van der Waals surface area contributed by atoms with Gasteiger partial charge in [-0.3, -0.25) is 9.59 Å². The first-order valence-corrected chi connectivity index (χ1v) is 7.39. The van der Waals surface area contributed by atoms with Crippen LogP contribution in [0.2, 0.25) is 0 Å². The van der Waals surface area contributed by atoms with E-state index in [-0.39, 0.29) is 17.9 Å². The Labute approximate surface area is 115 Å². The first kappa shape index (κ1) is 12.6. The van der Waals surface area contributed by atoms with Crippen molar-refractivity contribution in [2.75, 3.05) is 0 Å². The SMILES string of the molecule is Cc1csc([C@H](NC(=O)[C@@H]2C[C@@H]2C(=O)O)C2CC2)n1. The molecule has 1 amide bonds. The first-order chi connectivity index (χ1) is 9.06. The zero-order valence-electron chi connectivity index (χ0n) is 10.6. The van der Waals surface area contributed by atoms with Gasteiger partial charge in [0, 0.05) is 11.1 Å². The highest BCUT2D eigenvalue weighted by Crippen LogP contribution is 2.44. The third-order valence-electron chi connectivity index (χ3n) is 3.74. The minimum Gasteiger partial charge on any atom is -0.481 e. The summed E-state index contributed by atoms with van der Waals surface area (Å²) in [6.07, 6.45) is 2.68. The summed E-state index contributed by atoms with van der Waals surface area (Å²) in [7, 11) is 0. The van der Waals surface area contributed by atoms with Crippen LogP contribution < -0.4 is 5.32 Å². The predicted molar refractivity (Wildman–Crippen MR) is 69.7 cm³/mol. The standard InChI is InChI=1S/C13H16N2O3S/c1-6-5-19-12(14-6)10(7-2-3-7)15-11(16)8-4-9(8)13(17)18/h5,7-10H,2-4H2,1H3,(H,15,16)(H,17,18)/t8-,9+,10-/m1/s1. The summed E-state index contributed by atoms with van der Waals surface area (Å²) in [4.78, 5) is 27.3. The van der Waals surface area contributed by atoms with Crippen molar-refractivity contribution in [3.63, 3.8) is 0 Å². The van der Waals surface area contributed by atoms with E-state index in [0.717, 1.165) is 23.5 Å². The lowest BCUT2D eigenvalue weighted by atomic mass is 10.2. The number of aryl methyl sites for hydroxylation is 1. The molecule has 3 rings (SSSR count). The van der Waals surface area contributed by atoms with Crippen LogP contribution in [0, 0.1) is 24.7 Å². The van der Waals surface area contributed by atoms with Crippen LogP contribution in [0.1, 0.15) is 36.0 Å². The molecule has 2 fully saturated rings. The van der Waals surface area contributed by atoms with Crippen molar-refractivity contribution >= 4 is 23.2 Å². The van der Waals surface area contributed by atoms with Gasteiger partial charge in [0.1, 0.15) is 5.01 Å². The van der Waals surface area contributed by atoms with E-state index in [9.17, 15) is 9.59 Å². The van der Waals surface area contributed by atoms with Crippen molar-refractivity contribution < 1.29 is 14.7 Å². The van der Waals surface area contributed by atoms with Crippen LogP contribution in [-0.2, 0) is 9.59 Å². The summed E-state index contributed by atoms with van der Waals surface area (Å²) in [6.45, 7) is 1.94. The number of carbonyl (C=O) groups is 2. The minimum absolute atomic E-state index is 0.0266. The van der Waals surface area contributed by atoms with Gasteiger partial charge in [0.25, 0.3) is 0 Å². The molecule has 0 radical (unpaired) electrons. The van der Waals surface area contributed by atoms with Crippen molar-refractivity contribution in [1.29, 1.82) is 0 Å². The van der Waals surface area contributed by atoms with Gasteiger partial charge < -0.3 is 10.4 Å². The van der Waals surface area contributed by atoms with Gasteiger partial charge in [0.2, 0.25) is 5.91 Å². The van der Waals surface area contributed by atoms with Crippen LogP contribution in [0.25, 0.3) is 0 Å². The molecule has 2 N–H and O–H groups in total. The third-order valence-corrected chi connectivity index (χ3v) is 4.78. The van der Waals surface area contributed by atoms with Crippen LogP contribution >= 0.6 is 11.3 Å². The fourth-order valence-electron chi connectivity index (χ4n) is 2.34. The number of amides is 1. The number of thiazole rings is 1. The van der Waals surface area contributed by atoms with Gasteiger partial charge in [0.05, 0.1) is 17.9 Å². The van der Waals surface area contributed by atoms with Gasteiger partial charge in [-0.15, -0.1) is 11.3 Å². The fourth-order valence-corrected chi connectivity index (χ4v) is 3.28. The second kappa shape index (κ2) is 4.59. The fraction of sp³-hybridized carbons (Fsp3) is 0.615. The molecular formula is C13H16N2O3S. The largest absolute Gasteiger partial charge is 0.481 e. The van der Waals surface area contributed by atoms with Crippen molar-refractivity contribution in [2.45, 2.75) is 32.2 Å². The second-order valence-corrected chi connectivity index (χ2v) is 6.33. The Balaban J connectivity index is 1.66. The average Bonchev–Trinajstić information content (AvgIpc) is 3.23. The Kier molecular flexibility index (Phi) is 3.05. The molecule has 0 spiro atoms. The number of nitrogens with one attached hydrogen (secondary N) is 1. The number of rotatable bonds is 5. The summed E-state index contributed by atoms with van der Waals surface area (Å²) in [5.74, 6) is -1.36. The zero-order valence-corrected chi connectivity index (χ0v) is 11.4. The summed E-state index contributed by atoms with van der Waals surface area (Å²) in [5.41, 5.74) is 0.967.